The smallest absolute Gasteiger partial charge is 0.256 e. The maximum absolute atomic E-state index is 12.1. The average molecular weight is 316 g/mol. The normalized spacial score (nSPS) is 10.6. The second-order valence-corrected chi connectivity index (χ2v) is 4.99. The van der Waals surface area contributed by atoms with Gasteiger partial charge in [0.2, 0.25) is 0 Å². The number of halogens is 1. The van der Waals surface area contributed by atoms with Crippen LogP contribution in [0.1, 0.15) is 10.4 Å². The minimum Gasteiger partial charge on any atom is -0.305 e. The molecule has 0 saturated heterocycles. The highest BCUT2D eigenvalue weighted by molar-refractivity contribution is 9.10. The van der Waals surface area contributed by atoms with Crippen LogP contribution < -0.4 is 5.32 Å². The molecule has 3 aromatic rings. The van der Waals surface area contributed by atoms with Crippen LogP contribution in [0.2, 0.25) is 0 Å². The Morgan fingerprint density at radius 1 is 1.11 bits per heavy atom. The van der Waals surface area contributed by atoms with E-state index in [1.807, 2.05) is 36.4 Å². The fraction of sp³-hybridized carbons (Fsp3) is 0. The molecule has 0 fully saturated rings. The van der Waals surface area contributed by atoms with Gasteiger partial charge in [0.15, 0.2) is 5.82 Å². The zero-order chi connectivity index (χ0) is 13.2. The molecule has 2 aromatic carbocycles. The van der Waals surface area contributed by atoms with E-state index in [9.17, 15) is 4.79 Å². The van der Waals surface area contributed by atoms with E-state index in [2.05, 4.69) is 31.4 Å². The maximum atomic E-state index is 12.1. The van der Waals surface area contributed by atoms with E-state index in [1.54, 1.807) is 12.1 Å². The number of carbonyl (C=O) groups is 1. The Morgan fingerprint density at radius 2 is 1.84 bits per heavy atom. The molecule has 19 heavy (non-hydrogen) atoms. The third kappa shape index (κ3) is 2.37. The summed E-state index contributed by atoms with van der Waals surface area (Å²) in [5.74, 6) is 0.369. The van der Waals surface area contributed by atoms with Crippen LogP contribution in [-0.2, 0) is 0 Å². The molecule has 0 bridgehead atoms. The van der Waals surface area contributed by atoms with Gasteiger partial charge in [-0.25, -0.2) is 0 Å². The highest BCUT2D eigenvalue weighted by Gasteiger charge is 2.10. The number of carbonyl (C=O) groups excluding carboxylic acids is 1. The lowest BCUT2D eigenvalue weighted by molar-refractivity contribution is 0.102. The number of nitrogens with one attached hydrogen (secondary N) is 2. The van der Waals surface area contributed by atoms with Crippen LogP contribution in [0.15, 0.2) is 53.0 Å². The van der Waals surface area contributed by atoms with E-state index < -0.39 is 0 Å². The van der Waals surface area contributed by atoms with Gasteiger partial charge in [0.05, 0.1) is 5.52 Å². The number of fused-ring (bicyclic) bond motifs is 1. The van der Waals surface area contributed by atoms with Crippen molar-refractivity contribution in [1.29, 1.82) is 0 Å². The molecule has 5 heteroatoms. The van der Waals surface area contributed by atoms with Gasteiger partial charge < -0.3 is 5.32 Å². The van der Waals surface area contributed by atoms with Gasteiger partial charge in [-0.3, -0.25) is 9.89 Å². The molecule has 1 aromatic heterocycles. The van der Waals surface area contributed by atoms with Crippen molar-refractivity contribution < 1.29 is 4.79 Å². The van der Waals surface area contributed by atoms with Crippen molar-refractivity contribution in [2.24, 2.45) is 0 Å². The summed E-state index contributed by atoms with van der Waals surface area (Å²) >= 11 is 3.34. The van der Waals surface area contributed by atoms with Crippen molar-refractivity contribution in [3.63, 3.8) is 0 Å². The Morgan fingerprint density at radius 3 is 2.63 bits per heavy atom. The van der Waals surface area contributed by atoms with Crippen LogP contribution in [0.3, 0.4) is 0 Å². The van der Waals surface area contributed by atoms with E-state index in [1.165, 1.54) is 0 Å². The zero-order valence-corrected chi connectivity index (χ0v) is 11.4. The SMILES string of the molecule is O=C(Nc1n[nH]c2ccccc12)c1ccc(Br)cc1. The van der Waals surface area contributed by atoms with Gasteiger partial charge in [-0.2, -0.15) is 5.10 Å². The summed E-state index contributed by atoms with van der Waals surface area (Å²) in [6.45, 7) is 0. The highest BCUT2D eigenvalue weighted by Crippen LogP contribution is 2.20. The van der Waals surface area contributed by atoms with Crippen molar-refractivity contribution in [1.82, 2.24) is 10.2 Å². The number of hydrogen-bond acceptors (Lipinski definition) is 2. The molecular formula is C14H10BrN3O. The van der Waals surface area contributed by atoms with Gasteiger partial charge in [-0.1, -0.05) is 28.1 Å². The summed E-state index contributed by atoms with van der Waals surface area (Å²) < 4.78 is 0.939. The maximum Gasteiger partial charge on any atom is 0.256 e. The van der Waals surface area contributed by atoms with E-state index in [-0.39, 0.29) is 5.91 Å². The number of para-hydroxylation sites is 1. The summed E-state index contributed by atoms with van der Waals surface area (Å²) in [6.07, 6.45) is 0. The second-order valence-electron chi connectivity index (χ2n) is 4.08. The first-order valence-electron chi connectivity index (χ1n) is 5.74. The Bertz CT molecular complexity index is 734. The number of aromatic amines is 1. The minimum atomic E-state index is -0.176. The molecule has 4 nitrogen and oxygen atoms in total. The first-order valence-corrected chi connectivity index (χ1v) is 6.53. The number of benzene rings is 2. The molecule has 0 radical (unpaired) electrons. The monoisotopic (exact) mass is 315 g/mol. The van der Waals surface area contributed by atoms with Crippen molar-refractivity contribution in [3.8, 4) is 0 Å². The van der Waals surface area contributed by atoms with Gasteiger partial charge in [-0.15, -0.1) is 0 Å². The predicted octanol–water partition coefficient (Wildman–Crippen LogP) is 3.58. The van der Waals surface area contributed by atoms with Crippen LogP contribution in [0.4, 0.5) is 5.82 Å². The molecule has 94 valence electrons. The fourth-order valence-corrected chi connectivity index (χ4v) is 2.10. The number of anilines is 1. The third-order valence-corrected chi connectivity index (χ3v) is 3.34. The molecule has 0 atom stereocenters. The van der Waals surface area contributed by atoms with E-state index >= 15 is 0 Å². The number of amides is 1. The first-order chi connectivity index (χ1) is 9.24. The van der Waals surface area contributed by atoms with Crippen LogP contribution in [-0.4, -0.2) is 16.1 Å². The molecule has 0 aliphatic rings. The lowest BCUT2D eigenvalue weighted by Crippen LogP contribution is -2.12. The lowest BCUT2D eigenvalue weighted by Gasteiger charge is -2.02. The van der Waals surface area contributed by atoms with Crippen molar-refractivity contribution in [3.05, 3.63) is 58.6 Å². The van der Waals surface area contributed by atoms with Crippen LogP contribution in [0.25, 0.3) is 10.9 Å². The van der Waals surface area contributed by atoms with Crippen molar-refractivity contribution in [2.45, 2.75) is 0 Å². The highest BCUT2D eigenvalue weighted by atomic mass is 79.9. The van der Waals surface area contributed by atoms with Gasteiger partial charge in [0.1, 0.15) is 0 Å². The molecule has 1 heterocycles. The van der Waals surface area contributed by atoms with E-state index in [4.69, 9.17) is 0 Å². The number of H-pyrrole nitrogens is 1. The third-order valence-electron chi connectivity index (χ3n) is 2.81. The van der Waals surface area contributed by atoms with Gasteiger partial charge >= 0.3 is 0 Å². The summed E-state index contributed by atoms with van der Waals surface area (Å²) in [6, 6.07) is 14.8. The van der Waals surface area contributed by atoms with E-state index in [0.717, 1.165) is 15.4 Å². The van der Waals surface area contributed by atoms with Crippen LogP contribution >= 0.6 is 15.9 Å². The molecule has 2 N–H and O–H groups in total. The molecule has 3 rings (SSSR count). The topological polar surface area (TPSA) is 57.8 Å². The van der Waals surface area contributed by atoms with Crippen molar-refractivity contribution >= 4 is 38.6 Å². The predicted molar refractivity (Wildman–Crippen MR) is 78.2 cm³/mol. The lowest BCUT2D eigenvalue weighted by atomic mass is 10.2. The van der Waals surface area contributed by atoms with Crippen molar-refractivity contribution in [2.75, 3.05) is 5.32 Å². The second kappa shape index (κ2) is 4.85. The molecule has 0 unspecified atom stereocenters. The summed E-state index contributed by atoms with van der Waals surface area (Å²) in [7, 11) is 0. The fourth-order valence-electron chi connectivity index (χ4n) is 1.84. The summed E-state index contributed by atoms with van der Waals surface area (Å²) in [5, 5.41) is 10.7. The van der Waals surface area contributed by atoms with Crippen LogP contribution in [0, 0.1) is 0 Å². The first kappa shape index (κ1) is 11.9. The standard InChI is InChI=1S/C14H10BrN3O/c15-10-7-5-9(6-8-10)14(19)16-13-11-3-1-2-4-12(11)17-18-13/h1-8H,(H2,16,17,18,19). The quantitative estimate of drug-likeness (QED) is 0.759. The number of nitrogens with zero attached hydrogens (tertiary/aromatic N) is 1. The zero-order valence-electron chi connectivity index (χ0n) is 9.85. The summed E-state index contributed by atoms with van der Waals surface area (Å²) in [4.78, 5) is 12.1. The Kier molecular flexibility index (Phi) is 3.05. The number of rotatable bonds is 2. The Balaban J connectivity index is 1.89. The molecule has 0 aliphatic heterocycles. The van der Waals surface area contributed by atoms with Gasteiger partial charge in [-0.05, 0) is 36.4 Å². The number of hydrogen-bond donors (Lipinski definition) is 2. The van der Waals surface area contributed by atoms with E-state index in [0.29, 0.717) is 11.4 Å². The number of aromatic nitrogens is 2. The molecule has 1 amide bonds. The Hall–Kier alpha value is -2.14. The molecule has 0 spiro atoms. The minimum absolute atomic E-state index is 0.176. The molecule has 0 saturated carbocycles. The van der Waals surface area contributed by atoms with Gasteiger partial charge in [0, 0.05) is 15.4 Å². The largest absolute Gasteiger partial charge is 0.305 e. The average Bonchev–Trinajstić information content (AvgIpc) is 2.83. The Labute approximate surface area is 118 Å². The van der Waals surface area contributed by atoms with Crippen LogP contribution in [0.5, 0.6) is 0 Å². The van der Waals surface area contributed by atoms with Gasteiger partial charge in [0.25, 0.3) is 5.91 Å². The molecule has 0 aliphatic carbocycles. The molecular weight excluding hydrogens is 306 g/mol. The summed E-state index contributed by atoms with van der Waals surface area (Å²) in [5.41, 5.74) is 1.49.